The number of carbonyl (C=O) groups is 1. The van der Waals surface area contributed by atoms with E-state index in [-0.39, 0.29) is 11.5 Å². The summed E-state index contributed by atoms with van der Waals surface area (Å²) in [4.78, 5) is 41.9. The van der Waals surface area contributed by atoms with Crippen molar-refractivity contribution < 1.29 is 4.79 Å². The normalized spacial score (nSPS) is 22.0. The summed E-state index contributed by atoms with van der Waals surface area (Å²) in [5.41, 5.74) is 1.94. The number of H-pyrrole nitrogens is 1. The third-order valence-corrected chi connectivity index (χ3v) is 7.15. The number of aromatic nitrogens is 3. The first kappa shape index (κ1) is 21.1. The number of hydrogen-bond donors (Lipinski definition) is 1. The summed E-state index contributed by atoms with van der Waals surface area (Å²) in [7, 11) is 0. The summed E-state index contributed by atoms with van der Waals surface area (Å²) in [6.45, 7) is 4.20. The molecule has 0 spiro atoms. The van der Waals surface area contributed by atoms with Gasteiger partial charge in [-0.25, -0.2) is 4.98 Å². The van der Waals surface area contributed by atoms with Crippen molar-refractivity contribution in [2.45, 2.75) is 51.0 Å². The highest BCUT2D eigenvalue weighted by atomic mass is 16.2. The molecule has 2 aromatic heterocycles. The van der Waals surface area contributed by atoms with Gasteiger partial charge >= 0.3 is 0 Å². The lowest BCUT2D eigenvalue weighted by molar-refractivity contribution is 0.0732. The van der Waals surface area contributed by atoms with Crippen LogP contribution in [0.15, 0.2) is 41.5 Å². The number of hydrogen-bond acceptors (Lipinski definition) is 5. The molecule has 4 heterocycles. The summed E-state index contributed by atoms with van der Waals surface area (Å²) in [6, 6.07) is 3.51. The molecule has 0 bridgehead atoms. The van der Waals surface area contributed by atoms with Crippen LogP contribution in [0, 0.1) is 5.92 Å². The van der Waals surface area contributed by atoms with E-state index in [0.29, 0.717) is 36.6 Å². The number of piperidine rings is 1. The number of aromatic amines is 1. The minimum atomic E-state index is -0.0925. The molecule has 1 amide bonds. The molecule has 3 aliphatic rings. The zero-order chi connectivity index (χ0) is 21.9. The molecule has 0 aromatic carbocycles. The van der Waals surface area contributed by atoms with E-state index in [0.717, 1.165) is 43.4 Å². The lowest BCUT2D eigenvalue weighted by Crippen LogP contribution is -2.41. The van der Waals surface area contributed by atoms with Gasteiger partial charge in [0.1, 0.15) is 5.82 Å². The van der Waals surface area contributed by atoms with Crippen LogP contribution in [0.1, 0.15) is 65.5 Å². The van der Waals surface area contributed by atoms with Gasteiger partial charge in [-0.1, -0.05) is 12.2 Å². The standard InChI is InChI=1S/C25H31N5O2/c31-24-21-17-30(25(32)20-7-4-11-26-15-20)14-10-22(21)27-23(28-24)19-8-12-29(13-9-19)16-18-5-2-1-3-6-18/h1-2,4,7,11,15,18-19H,3,5-6,8-10,12-14,16-17H2,(H,27,28,31)/t18-/m0/s1. The number of rotatable bonds is 4. The molecule has 168 valence electrons. The van der Waals surface area contributed by atoms with Gasteiger partial charge in [-0.2, -0.15) is 0 Å². The SMILES string of the molecule is O=C(c1cccnc1)N1CCc2nc(C3CCN(C[C@H]4CC=CCC4)CC3)[nH]c(=O)c2C1. The molecule has 1 aliphatic carbocycles. The largest absolute Gasteiger partial charge is 0.334 e. The fraction of sp³-hybridized carbons (Fsp3) is 0.520. The first-order valence-corrected chi connectivity index (χ1v) is 11.9. The highest BCUT2D eigenvalue weighted by Crippen LogP contribution is 2.28. The van der Waals surface area contributed by atoms with Crippen molar-refractivity contribution >= 4 is 5.91 Å². The van der Waals surface area contributed by atoms with Crippen molar-refractivity contribution in [3.8, 4) is 0 Å². The predicted molar refractivity (Wildman–Crippen MR) is 122 cm³/mol. The van der Waals surface area contributed by atoms with Gasteiger partial charge in [-0.3, -0.25) is 14.6 Å². The Balaban J connectivity index is 1.23. The lowest BCUT2D eigenvalue weighted by atomic mass is 9.91. The molecular formula is C25H31N5O2. The minimum absolute atomic E-state index is 0.0898. The highest BCUT2D eigenvalue weighted by molar-refractivity contribution is 5.94. The van der Waals surface area contributed by atoms with Gasteiger partial charge in [0.05, 0.1) is 23.4 Å². The lowest BCUT2D eigenvalue weighted by Gasteiger charge is -2.34. The molecule has 0 unspecified atom stereocenters. The van der Waals surface area contributed by atoms with Gasteiger partial charge in [0.2, 0.25) is 0 Å². The Morgan fingerprint density at radius 2 is 2.03 bits per heavy atom. The summed E-state index contributed by atoms with van der Waals surface area (Å²) in [5.74, 6) is 1.84. The van der Waals surface area contributed by atoms with E-state index in [1.54, 1.807) is 29.4 Å². The first-order valence-electron chi connectivity index (χ1n) is 11.9. The first-order chi connectivity index (χ1) is 15.7. The number of allylic oxidation sites excluding steroid dienone is 2. The van der Waals surface area contributed by atoms with E-state index in [1.807, 2.05) is 0 Å². The number of nitrogens with zero attached hydrogens (tertiary/aromatic N) is 4. The van der Waals surface area contributed by atoms with Crippen LogP contribution in [-0.2, 0) is 13.0 Å². The van der Waals surface area contributed by atoms with Crippen molar-refractivity contribution in [3.63, 3.8) is 0 Å². The van der Waals surface area contributed by atoms with Crippen LogP contribution in [0.5, 0.6) is 0 Å². The van der Waals surface area contributed by atoms with Gasteiger partial charge in [0, 0.05) is 37.8 Å². The smallest absolute Gasteiger partial charge is 0.256 e. The van der Waals surface area contributed by atoms with Crippen LogP contribution in [0.4, 0.5) is 0 Å². The topological polar surface area (TPSA) is 82.2 Å². The average molecular weight is 434 g/mol. The predicted octanol–water partition coefficient (Wildman–Crippen LogP) is 2.90. The number of likely N-dealkylation sites (tertiary alicyclic amines) is 1. The number of fused-ring (bicyclic) bond motifs is 1. The Morgan fingerprint density at radius 3 is 2.78 bits per heavy atom. The second-order valence-corrected chi connectivity index (χ2v) is 9.32. The Kier molecular flexibility index (Phi) is 6.17. The number of nitrogens with one attached hydrogen (secondary N) is 1. The van der Waals surface area contributed by atoms with Crippen LogP contribution in [0.25, 0.3) is 0 Å². The Bertz CT molecular complexity index is 1040. The molecule has 7 nitrogen and oxygen atoms in total. The molecule has 2 aromatic rings. The quantitative estimate of drug-likeness (QED) is 0.750. The molecule has 1 atom stereocenters. The second kappa shape index (κ2) is 9.36. The summed E-state index contributed by atoms with van der Waals surface area (Å²) in [6.07, 6.45) is 14.3. The van der Waals surface area contributed by atoms with E-state index < -0.39 is 0 Å². The van der Waals surface area contributed by atoms with Crippen molar-refractivity contribution in [2.24, 2.45) is 5.92 Å². The molecule has 7 heteroatoms. The van der Waals surface area contributed by atoms with Gasteiger partial charge in [0.15, 0.2) is 0 Å². The molecule has 1 N–H and O–H groups in total. The monoisotopic (exact) mass is 433 g/mol. The van der Waals surface area contributed by atoms with Crippen molar-refractivity contribution in [1.82, 2.24) is 24.8 Å². The Morgan fingerprint density at radius 1 is 1.16 bits per heavy atom. The summed E-state index contributed by atoms with van der Waals surface area (Å²) >= 11 is 0. The van der Waals surface area contributed by atoms with Crippen LogP contribution >= 0.6 is 0 Å². The maximum atomic E-state index is 12.9. The summed E-state index contributed by atoms with van der Waals surface area (Å²) in [5, 5.41) is 0. The maximum Gasteiger partial charge on any atom is 0.256 e. The zero-order valence-electron chi connectivity index (χ0n) is 18.5. The third kappa shape index (κ3) is 4.53. The molecule has 0 radical (unpaired) electrons. The molecule has 32 heavy (non-hydrogen) atoms. The van der Waals surface area contributed by atoms with E-state index >= 15 is 0 Å². The third-order valence-electron chi connectivity index (χ3n) is 7.15. The minimum Gasteiger partial charge on any atom is -0.334 e. The fourth-order valence-corrected chi connectivity index (χ4v) is 5.26. The van der Waals surface area contributed by atoms with Crippen LogP contribution in [0.2, 0.25) is 0 Å². The number of carbonyl (C=O) groups excluding carboxylic acids is 1. The zero-order valence-corrected chi connectivity index (χ0v) is 18.5. The molecule has 0 saturated carbocycles. The Hall–Kier alpha value is -2.80. The van der Waals surface area contributed by atoms with Gasteiger partial charge in [0.25, 0.3) is 11.5 Å². The van der Waals surface area contributed by atoms with Gasteiger partial charge < -0.3 is 14.8 Å². The van der Waals surface area contributed by atoms with Crippen LogP contribution in [0.3, 0.4) is 0 Å². The van der Waals surface area contributed by atoms with Crippen LogP contribution < -0.4 is 5.56 Å². The van der Waals surface area contributed by atoms with E-state index in [2.05, 4.69) is 27.0 Å². The van der Waals surface area contributed by atoms with Crippen LogP contribution in [-0.4, -0.2) is 56.8 Å². The van der Waals surface area contributed by atoms with E-state index in [4.69, 9.17) is 4.98 Å². The van der Waals surface area contributed by atoms with E-state index in [9.17, 15) is 9.59 Å². The molecular weight excluding hydrogens is 402 g/mol. The van der Waals surface area contributed by atoms with E-state index in [1.165, 1.54) is 25.8 Å². The van der Waals surface area contributed by atoms with Gasteiger partial charge in [-0.15, -0.1) is 0 Å². The Labute approximate surface area is 188 Å². The molecule has 2 aliphatic heterocycles. The van der Waals surface area contributed by atoms with Gasteiger partial charge in [-0.05, 0) is 63.2 Å². The molecule has 5 rings (SSSR count). The fourth-order valence-electron chi connectivity index (χ4n) is 5.26. The average Bonchev–Trinajstić information content (AvgIpc) is 2.85. The molecule has 1 saturated heterocycles. The highest BCUT2D eigenvalue weighted by Gasteiger charge is 2.28. The summed E-state index contributed by atoms with van der Waals surface area (Å²) < 4.78 is 0. The van der Waals surface area contributed by atoms with Crippen molar-refractivity contribution in [2.75, 3.05) is 26.2 Å². The van der Waals surface area contributed by atoms with Crippen molar-refractivity contribution in [1.29, 1.82) is 0 Å². The second-order valence-electron chi connectivity index (χ2n) is 9.32. The maximum absolute atomic E-state index is 12.9. The molecule has 1 fully saturated rings. The number of amides is 1. The number of pyridine rings is 1. The van der Waals surface area contributed by atoms with Crippen molar-refractivity contribution in [3.05, 3.63) is 69.7 Å².